The number of carbonyl (C=O) groups excluding carboxylic acids is 1. The van der Waals surface area contributed by atoms with E-state index < -0.39 is 0 Å². The average molecular weight is 249 g/mol. The Morgan fingerprint density at radius 3 is 2.83 bits per heavy atom. The molecule has 0 aromatic carbocycles. The van der Waals surface area contributed by atoms with Crippen molar-refractivity contribution in [1.29, 1.82) is 0 Å². The molecule has 0 radical (unpaired) electrons. The van der Waals surface area contributed by atoms with E-state index in [9.17, 15) is 9.59 Å². The fourth-order valence-corrected chi connectivity index (χ4v) is 1.36. The molecule has 1 aromatic rings. The van der Waals surface area contributed by atoms with Gasteiger partial charge in [-0.3, -0.25) is 9.59 Å². The minimum absolute atomic E-state index is 0.0960. The summed E-state index contributed by atoms with van der Waals surface area (Å²) in [6.07, 6.45) is 5.71. The third-order valence-corrected chi connectivity index (χ3v) is 2.30. The van der Waals surface area contributed by atoms with E-state index in [1.54, 1.807) is 12.3 Å². The van der Waals surface area contributed by atoms with Gasteiger partial charge in [-0.1, -0.05) is 12.1 Å². The maximum atomic E-state index is 11.4. The van der Waals surface area contributed by atoms with Crippen LogP contribution in [-0.4, -0.2) is 43.0 Å². The van der Waals surface area contributed by atoms with Gasteiger partial charge in [0.05, 0.1) is 0 Å². The van der Waals surface area contributed by atoms with Crippen LogP contribution in [-0.2, 0) is 11.2 Å². The highest BCUT2D eigenvalue weighted by Gasteiger charge is 1.96. The first-order chi connectivity index (χ1) is 8.58. The number of hydrogen-bond acceptors (Lipinski definition) is 3. The summed E-state index contributed by atoms with van der Waals surface area (Å²) < 4.78 is 0. The molecule has 18 heavy (non-hydrogen) atoms. The van der Waals surface area contributed by atoms with Crippen LogP contribution in [0.25, 0.3) is 0 Å². The van der Waals surface area contributed by atoms with Crippen LogP contribution in [0.4, 0.5) is 0 Å². The van der Waals surface area contributed by atoms with Gasteiger partial charge in [0, 0.05) is 31.4 Å². The average Bonchev–Trinajstić information content (AvgIpc) is 2.31. The third-order valence-electron chi connectivity index (χ3n) is 2.30. The first kappa shape index (κ1) is 14.2. The number of hydrogen-bond donors (Lipinski definition) is 2. The van der Waals surface area contributed by atoms with Crippen LogP contribution in [0.3, 0.4) is 0 Å². The number of aromatic amines is 1. The van der Waals surface area contributed by atoms with Crippen molar-refractivity contribution in [3.63, 3.8) is 0 Å². The van der Waals surface area contributed by atoms with Crippen LogP contribution >= 0.6 is 0 Å². The summed E-state index contributed by atoms with van der Waals surface area (Å²) in [5.74, 6) is -0.0960. The predicted molar refractivity (Wildman–Crippen MR) is 71.5 cm³/mol. The number of amides is 1. The lowest BCUT2D eigenvalue weighted by Crippen LogP contribution is -2.24. The smallest absolute Gasteiger partial charge is 0.247 e. The van der Waals surface area contributed by atoms with Crippen molar-refractivity contribution in [2.45, 2.75) is 6.42 Å². The number of rotatable bonds is 6. The largest absolute Gasteiger partial charge is 0.352 e. The Hall–Kier alpha value is -1.88. The first-order valence-corrected chi connectivity index (χ1v) is 5.84. The molecule has 0 spiro atoms. The van der Waals surface area contributed by atoms with Gasteiger partial charge in [0.25, 0.3) is 0 Å². The lowest BCUT2D eigenvalue weighted by molar-refractivity contribution is -0.116. The molecular formula is C13H19N3O2. The number of nitrogens with one attached hydrogen (secondary N) is 2. The zero-order valence-corrected chi connectivity index (χ0v) is 10.8. The maximum absolute atomic E-state index is 11.4. The van der Waals surface area contributed by atoms with Gasteiger partial charge in [0.15, 0.2) is 0 Å². The van der Waals surface area contributed by atoms with E-state index in [0.29, 0.717) is 13.0 Å². The van der Waals surface area contributed by atoms with Gasteiger partial charge in [0.2, 0.25) is 11.5 Å². The molecule has 0 aliphatic rings. The predicted octanol–water partition coefficient (Wildman–Crippen LogP) is 0.151. The highest BCUT2D eigenvalue weighted by molar-refractivity contribution is 5.87. The SMILES string of the molecule is CN(C)C/C=C/C(=O)NCCc1ccc(=O)[nH]c1. The van der Waals surface area contributed by atoms with Gasteiger partial charge < -0.3 is 15.2 Å². The molecule has 0 saturated heterocycles. The molecule has 2 N–H and O–H groups in total. The fourth-order valence-electron chi connectivity index (χ4n) is 1.36. The molecule has 0 aliphatic carbocycles. The Labute approximate surface area is 107 Å². The van der Waals surface area contributed by atoms with E-state index in [1.807, 2.05) is 25.1 Å². The topological polar surface area (TPSA) is 65.2 Å². The van der Waals surface area contributed by atoms with Crippen molar-refractivity contribution in [2.75, 3.05) is 27.2 Å². The third kappa shape index (κ3) is 6.00. The summed E-state index contributed by atoms with van der Waals surface area (Å²) in [6.45, 7) is 1.30. The van der Waals surface area contributed by atoms with E-state index in [2.05, 4.69) is 10.3 Å². The van der Waals surface area contributed by atoms with Crippen LogP contribution in [0.1, 0.15) is 5.56 Å². The van der Waals surface area contributed by atoms with Crippen LogP contribution < -0.4 is 10.9 Å². The zero-order chi connectivity index (χ0) is 13.4. The van der Waals surface area contributed by atoms with Gasteiger partial charge >= 0.3 is 0 Å². The second kappa shape index (κ2) is 7.45. The van der Waals surface area contributed by atoms with E-state index in [4.69, 9.17) is 0 Å². The van der Waals surface area contributed by atoms with Crippen LogP contribution in [0.15, 0.2) is 35.3 Å². The molecular weight excluding hydrogens is 230 g/mol. The van der Waals surface area contributed by atoms with E-state index >= 15 is 0 Å². The van der Waals surface area contributed by atoms with Crippen LogP contribution in [0.5, 0.6) is 0 Å². The van der Waals surface area contributed by atoms with Gasteiger partial charge in [-0.25, -0.2) is 0 Å². The molecule has 0 fully saturated rings. The highest BCUT2D eigenvalue weighted by Crippen LogP contribution is 1.93. The lowest BCUT2D eigenvalue weighted by Gasteiger charge is -2.04. The molecule has 1 heterocycles. The Balaban J connectivity index is 2.25. The van der Waals surface area contributed by atoms with E-state index in [1.165, 1.54) is 12.1 Å². The summed E-state index contributed by atoms with van der Waals surface area (Å²) >= 11 is 0. The molecule has 0 saturated carbocycles. The molecule has 1 amide bonds. The summed E-state index contributed by atoms with van der Waals surface area (Å²) in [7, 11) is 3.89. The summed E-state index contributed by atoms with van der Waals surface area (Å²) in [6, 6.07) is 3.24. The van der Waals surface area contributed by atoms with Crippen molar-refractivity contribution < 1.29 is 4.79 Å². The number of nitrogens with zero attached hydrogens (tertiary/aromatic N) is 1. The molecule has 1 aromatic heterocycles. The van der Waals surface area contributed by atoms with Gasteiger partial charge in [-0.05, 0) is 26.1 Å². The molecule has 0 aliphatic heterocycles. The molecule has 5 nitrogen and oxygen atoms in total. The van der Waals surface area contributed by atoms with E-state index in [-0.39, 0.29) is 11.5 Å². The number of pyridine rings is 1. The lowest BCUT2D eigenvalue weighted by atomic mass is 10.2. The zero-order valence-electron chi connectivity index (χ0n) is 10.8. The highest BCUT2D eigenvalue weighted by atomic mass is 16.1. The number of carbonyl (C=O) groups is 1. The van der Waals surface area contributed by atoms with E-state index in [0.717, 1.165) is 12.1 Å². The quantitative estimate of drug-likeness (QED) is 0.705. The molecule has 0 unspecified atom stereocenters. The molecule has 0 bridgehead atoms. The van der Waals surface area contributed by atoms with Crippen molar-refractivity contribution in [2.24, 2.45) is 0 Å². The number of likely N-dealkylation sites (N-methyl/N-ethyl adjacent to an activating group) is 1. The molecule has 98 valence electrons. The number of aromatic nitrogens is 1. The summed E-state index contributed by atoms with van der Waals surface area (Å²) in [5.41, 5.74) is 0.876. The summed E-state index contributed by atoms with van der Waals surface area (Å²) in [4.78, 5) is 26.8. The monoisotopic (exact) mass is 249 g/mol. The minimum Gasteiger partial charge on any atom is -0.352 e. The van der Waals surface area contributed by atoms with Gasteiger partial charge in [-0.15, -0.1) is 0 Å². The van der Waals surface area contributed by atoms with Crippen molar-refractivity contribution in [3.8, 4) is 0 Å². The van der Waals surface area contributed by atoms with Crippen molar-refractivity contribution in [3.05, 3.63) is 46.4 Å². The molecule has 5 heteroatoms. The molecule has 1 rings (SSSR count). The van der Waals surface area contributed by atoms with Gasteiger partial charge in [0.1, 0.15) is 0 Å². The van der Waals surface area contributed by atoms with Gasteiger partial charge in [-0.2, -0.15) is 0 Å². The second-order valence-corrected chi connectivity index (χ2v) is 4.27. The van der Waals surface area contributed by atoms with Crippen molar-refractivity contribution >= 4 is 5.91 Å². The Morgan fingerprint density at radius 2 is 2.22 bits per heavy atom. The Morgan fingerprint density at radius 1 is 1.44 bits per heavy atom. The normalized spacial score (nSPS) is 11.1. The molecule has 0 atom stereocenters. The fraction of sp³-hybridized carbons (Fsp3) is 0.385. The maximum Gasteiger partial charge on any atom is 0.247 e. The standard InChI is InChI=1S/C13H19N3O2/c1-16(2)9-3-4-12(17)14-8-7-11-5-6-13(18)15-10-11/h3-6,10H,7-9H2,1-2H3,(H,14,17)(H,15,18)/b4-3+. The van der Waals surface area contributed by atoms with Crippen LogP contribution in [0, 0.1) is 0 Å². The first-order valence-electron chi connectivity index (χ1n) is 5.84. The van der Waals surface area contributed by atoms with Crippen molar-refractivity contribution in [1.82, 2.24) is 15.2 Å². The minimum atomic E-state index is -0.116. The Kier molecular flexibility index (Phi) is 5.87. The second-order valence-electron chi connectivity index (χ2n) is 4.27. The number of H-pyrrole nitrogens is 1. The summed E-state index contributed by atoms with van der Waals surface area (Å²) in [5, 5.41) is 2.78. The Bertz CT molecular complexity index is 443. The van der Waals surface area contributed by atoms with Crippen LogP contribution in [0.2, 0.25) is 0 Å².